The lowest BCUT2D eigenvalue weighted by molar-refractivity contribution is 0.262. The first-order chi connectivity index (χ1) is 18.5. The zero-order valence-corrected chi connectivity index (χ0v) is 20.5. The number of carbonyl (C=O) groups is 1. The highest BCUT2D eigenvalue weighted by Crippen LogP contribution is 2.26. The maximum absolute atomic E-state index is 13.2. The van der Waals surface area contributed by atoms with E-state index in [9.17, 15) is 9.18 Å². The zero-order chi connectivity index (χ0) is 26.5. The van der Waals surface area contributed by atoms with Gasteiger partial charge in [-0.15, -0.1) is 0 Å². The Labute approximate surface area is 217 Å². The van der Waals surface area contributed by atoms with E-state index < -0.39 is 6.03 Å². The minimum Gasteiger partial charge on any atom is -0.497 e. The molecule has 2 amide bonds. The maximum atomic E-state index is 13.2. The van der Waals surface area contributed by atoms with E-state index in [1.165, 1.54) is 12.1 Å². The topological polar surface area (TPSA) is 116 Å². The number of urea groups is 1. The molecule has 0 fully saturated rings. The largest absolute Gasteiger partial charge is 0.497 e. The van der Waals surface area contributed by atoms with E-state index in [-0.39, 0.29) is 11.7 Å². The molecule has 0 atom stereocenters. The number of hydrogen-bond acceptors (Lipinski definition) is 7. The summed E-state index contributed by atoms with van der Waals surface area (Å²) in [6.07, 6.45) is 3.46. The van der Waals surface area contributed by atoms with Gasteiger partial charge in [0.1, 0.15) is 23.0 Å². The minimum absolute atomic E-state index is 0.266. The molecule has 0 aliphatic heterocycles. The number of ether oxygens (including phenoxy) is 2. The van der Waals surface area contributed by atoms with E-state index in [4.69, 9.17) is 14.0 Å². The van der Waals surface area contributed by atoms with E-state index in [1.807, 2.05) is 28.8 Å². The van der Waals surface area contributed by atoms with Crippen LogP contribution in [0.2, 0.25) is 0 Å². The van der Waals surface area contributed by atoms with Crippen molar-refractivity contribution >= 4 is 17.4 Å². The number of imidazole rings is 1. The van der Waals surface area contributed by atoms with Crippen LogP contribution in [0.1, 0.15) is 5.56 Å². The summed E-state index contributed by atoms with van der Waals surface area (Å²) in [7, 11) is 3.09. The van der Waals surface area contributed by atoms with Gasteiger partial charge in [-0.05, 0) is 42.0 Å². The molecule has 2 heterocycles. The molecule has 0 radical (unpaired) electrons. The smallest absolute Gasteiger partial charge is 0.323 e. The van der Waals surface area contributed by atoms with Crippen molar-refractivity contribution in [3.8, 4) is 34.5 Å². The summed E-state index contributed by atoms with van der Waals surface area (Å²) in [4.78, 5) is 21.2. The molecule has 0 aliphatic rings. The zero-order valence-electron chi connectivity index (χ0n) is 20.5. The monoisotopic (exact) mass is 514 g/mol. The number of methoxy groups -OCH3 is 2. The molecule has 5 aromatic rings. The number of hydrogen-bond donors (Lipinski definition) is 2. The predicted octanol–water partition coefficient (Wildman–Crippen LogP) is 5.45. The van der Waals surface area contributed by atoms with Crippen LogP contribution in [0.4, 0.5) is 20.6 Å². The van der Waals surface area contributed by atoms with Crippen LogP contribution in [0.3, 0.4) is 0 Å². The summed E-state index contributed by atoms with van der Waals surface area (Å²) in [5.41, 5.74) is 3.33. The van der Waals surface area contributed by atoms with Crippen molar-refractivity contribution in [3.63, 3.8) is 0 Å². The molecule has 2 N–H and O–H groups in total. The number of carbonyl (C=O) groups excluding carboxylic acids is 1. The first-order valence-electron chi connectivity index (χ1n) is 11.5. The van der Waals surface area contributed by atoms with Crippen LogP contribution >= 0.6 is 0 Å². The molecule has 11 heteroatoms. The lowest BCUT2D eigenvalue weighted by Crippen LogP contribution is -2.19. The Morgan fingerprint density at radius 1 is 0.947 bits per heavy atom. The fourth-order valence-corrected chi connectivity index (χ4v) is 3.68. The van der Waals surface area contributed by atoms with Gasteiger partial charge >= 0.3 is 6.03 Å². The van der Waals surface area contributed by atoms with Gasteiger partial charge in [-0.1, -0.05) is 17.3 Å². The van der Waals surface area contributed by atoms with Crippen molar-refractivity contribution in [3.05, 3.63) is 90.6 Å². The van der Waals surface area contributed by atoms with Gasteiger partial charge in [-0.25, -0.2) is 14.2 Å². The SMILES string of the molecule is COc1cc(NC(=O)Nc2ccc(Cn3cnc(-c4nc(-c5ccc(F)cc5)no4)c3)cc2)cc(OC)c1. The number of amides is 2. The third-order valence-corrected chi connectivity index (χ3v) is 5.57. The number of anilines is 2. The molecule has 2 aromatic heterocycles. The van der Waals surface area contributed by atoms with Crippen molar-refractivity contribution in [2.75, 3.05) is 24.9 Å². The maximum Gasteiger partial charge on any atom is 0.323 e. The molecule has 0 spiro atoms. The lowest BCUT2D eigenvalue weighted by atomic mass is 10.2. The average molecular weight is 515 g/mol. The molecule has 10 nitrogen and oxygen atoms in total. The Bertz CT molecular complexity index is 1520. The Morgan fingerprint density at radius 2 is 1.63 bits per heavy atom. The van der Waals surface area contributed by atoms with Crippen molar-refractivity contribution in [1.29, 1.82) is 0 Å². The average Bonchev–Trinajstić information content (AvgIpc) is 3.60. The van der Waals surface area contributed by atoms with Gasteiger partial charge in [0.05, 0.1) is 20.5 Å². The number of rotatable bonds is 8. The minimum atomic E-state index is -0.396. The van der Waals surface area contributed by atoms with Gasteiger partial charge < -0.3 is 29.2 Å². The molecular formula is C27H23FN6O4. The fraction of sp³-hybridized carbons (Fsp3) is 0.111. The van der Waals surface area contributed by atoms with E-state index in [1.54, 1.807) is 57.1 Å². The van der Waals surface area contributed by atoms with Gasteiger partial charge in [0.15, 0.2) is 0 Å². The standard InChI is InChI=1S/C27H23FN6O4/c1-36-22-11-21(12-23(13-22)37-2)31-27(35)30-20-9-3-17(4-10-20)14-34-15-24(29-16-34)26-32-25(33-38-26)18-5-7-19(28)8-6-18/h3-13,15-16H,14H2,1-2H3,(H2,30,31,35). The Morgan fingerprint density at radius 3 is 2.32 bits per heavy atom. The predicted molar refractivity (Wildman–Crippen MR) is 139 cm³/mol. The molecule has 38 heavy (non-hydrogen) atoms. The molecule has 192 valence electrons. The highest BCUT2D eigenvalue weighted by molar-refractivity contribution is 6.00. The van der Waals surface area contributed by atoms with Crippen molar-refractivity contribution in [2.45, 2.75) is 6.54 Å². The Kier molecular flexibility index (Phi) is 6.98. The number of aromatic nitrogens is 4. The molecule has 0 bridgehead atoms. The number of nitrogens with one attached hydrogen (secondary N) is 2. The van der Waals surface area contributed by atoms with Gasteiger partial charge in [-0.3, -0.25) is 0 Å². The van der Waals surface area contributed by atoms with Crippen LogP contribution in [0.15, 0.2) is 83.8 Å². The van der Waals surface area contributed by atoms with E-state index in [0.717, 1.165) is 5.56 Å². The summed E-state index contributed by atoms with van der Waals surface area (Å²) < 4.78 is 30.8. The molecule has 0 unspecified atom stereocenters. The van der Waals surface area contributed by atoms with Crippen LogP contribution in [0.5, 0.6) is 11.5 Å². The number of halogens is 1. The molecule has 0 saturated heterocycles. The lowest BCUT2D eigenvalue weighted by Gasteiger charge is -2.11. The van der Waals surface area contributed by atoms with Gasteiger partial charge in [0, 0.05) is 47.9 Å². The number of benzene rings is 3. The summed E-state index contributed by atoms with van der Waals surface area (Å²) in [5, 5.41) is 9.52. The van der Waals surface area contributed by atoms with Gasteiger partial charge in [0.2, 0.25) is 5.82 Å². The molecule has 0 saturated carbocycles. The summed E-state index contributed by atoms with van der Waals surface area (Å²) in [6, 6.07) is 18.0. The van der Waals surface area contributed by atoms with Crippen molar-refractivity contribution in [1.82, 2.24) is 19.7 Å². The second-order valence-electron chi connectivity index (χ2n) is 8.24. The third-order valence-electron chi connectivity index (χ3n) is 5.57. The van der Waals surface area contributed by atoms with Crippen LogP contribution in [0.25, 0.3) is 23.0 Å². The quantitative estimate of drug-likeness (QED) is 0.283. The summed E-state index contributed by atoms with van der Waals surface area (Å²) in [5.74, 6) is 1.42. The van der Waals surface area contributed by atoms with Crippen LogP contribution in [-0.2, 0) is 6.54 Å². The second kappa shape index (κ2) is 10.8. The summed E-state index contributed by atoms with van der Waals surface area (Å²) >= 11 is 0. The third kappa shape index (κ3) is 5.78. The Balaban J connectivity index is 1.19. The fourth-order valence-electron chi connectivity index (χ4n) is 3.68. The first-order valence-corrected chi connectivity index (χ1v) is 11.5. The molecule has 3 aromatic carbocycles. The van der Waals surface area contributed by atoms with Crippen LogP contribution < -0.4 is 20.1 Å². The van der Waals surface area contributed by atoms with Gasteiger partial charge in [0.25, 0.3) is 5.89 Å². The van der Waals surface area contributed by atoms with E-state index >= 15 is 0 Å². The van der Waals surface area contributed by atoms with E-state index in [0.29, 0.717) is 46.5 Å². The Hall–Kier alpha value is -5.19. The van der Waals surface area contributed by atoms with E-state index in [2.05, 4.69) is 25.8 Å². The van der Waals surface area contributed by atoms with Gasteiger partial charge in [-0.2, -0.15) is 4.98 Å². The normalized spacial score (nSPS) is 10.7. The molecule has 5 rings (SSSR count). The second-order valence-corrected chi connectivity index (χ2v) is 8.24. The van der Waals surface area contributed by atoms with Crippen LogP contribution in [0, 0.1) is 5.82 Å². The highest BCUT2D eigenvalue weighted by Gasteiger charge is 2.13. The summed E-state index contributed by atoms with van der Waals surface area (Å²) in [6.45, 7) is 0.544. The van der Waals surface area contributed by atoms with Crippen molar-refractivity contribution in [2.24, 2.45) is 0 Å². The van der Waals surface area contributed by atoms with Crippen LogP contribution in [-0.4, -0.2) is 39.9 Å². The number of nitrogens with zero attached hydrogens (tertiary/aromatic N) is 4. The molecule has 0 aliphatic carbocycles. The highest BCUT2D eigenvalue weighted by atomic mass is 19.1. The first kappa shape index (κ1) is 24.5. The van der Waals surface area contributed by atoms with Crippen molar-refractivity contribution < 1.29 is 23.2 Å². The molecular weight excluding hydrogens is 491 g/mol.